The van der Waals surface area contributed by atoms with Crippen molar-refractivity contribution in [3.05, 3.63) is 22.9 Å². The van der Waals surface area contributed by atoms with Gasteiger partial charge in [0.2, 0.25) is 0 Å². The number of nitrogens with zero attached hydrogens (tertiary/aromatic N) is 3. The van der Waals surface area contributed by atoms with Crippen molar-refractivity contribution in [3.63, 3.8) is 0 Å². The van der Waals surface area contributed by atoms with E-state index in [2.05, 4.69) is 9.97 Å². The molecular formula is C7H6ClN3S2. The molecule has 0 spiro atoms. The maximum absolute atomic E-state index is 5.70. The molecule has 6 heteroatoms. The van der Waals surface area contributed by atoms with Gasteiger partial charge in [0.1, 0.15) is 5.15 Å². The zero-order chi connectivity index (χ0) is 9.26. The highest BCUT2D eigenvalue weighted by molar-refractivity contribution is 8.00. The van der Waals surface area contributed by atoms with Crippen LogP contribution < -0.4 is 0 Å². The molecule has 0 saturated carbocycles. The van der Waals surface area contributed by atoms with Gasteiger partial charge in [-0.2, -0.15) is 0 Å². The number of aryl methyl sites for hydroxylation is 1. The van der Waals surface area contributed by atoms with E-state index in [1.54, 1.807) is 6.20 Å². The van der Waals surface area contributed by atoms with Crippen molar-refractivity contribution in [1.82, 2.24) is 14.5 Å². The summed E-state index contributed by atoms with van der Waals surface area (Å²) < 4.78 is 2.86. The van der Waals surface area contributed by atoms with Crippen LogP contribution >= 0.6 is 34.7 Å². The second-order valence-electron chi connectivity index (χ2n) is 2.36. The van der Waals surface area contributed by atoms with Gasteiger partial charge in [0.25, 0.3) is 0 Å². The summed E-state index contributed by atoms with van der Waals surface area (Å²) in [6, 6.07) is 0. The molecule has 0 aromatic carbocycles. The third-order valence-corrected chi connectivity index (χ3v) is 3.75. The lowest BCUT2D eigenvalue weighted by molar-refractivity contribution is 0.790. The third kappa shape index (κ3) is 2.04. The Balaban J connectivity index is 2.19. The van der Waals surface area contributed by atoms with Gasteiger partial charge in [-0.1, -0.05) is 11.6 Å². The van der Waals surface area contributed by atoms with Gasteiger partial charge in [0.15, 0.2) is 9.50 Å². The molecular weight excluding hydrogens is 226 g/mol. The van der Waals surface area contributed by atoms with E-state index >= 15 is 0 Å². The first-order chi connectivity index (χ1) is 6.25. The lowest BCUT2D eigenvalue weighted by Gasteiger charge is -1.95. The molecule has 0 radical (unpaired) electrons. The number of hydrogen-bond acceptors (Lipinski definition) is 4. The molecule has 0 aliphatic rings. The Morgan fingerprint density at radius 2 is 2.46 bits per heavy atom. The van der Waals surface area contributed by atoms with Crippen LogP contribution in [-0.2, 0) is 7.05 Å². The number of halogens is 1. The monoisotopic (exact) mass is 231 g/mol. The lowest BCUT2D eigenvalue weighted by Crippen LogP contribution is -1.87. The van der Waals surface area contributed by atoms with Crippen LogP contribution in [0.5, 0.6) is 0 Å². The van der Waals surface area contributed by atoms with Gasteiger partial charge in [-0.3, -0.25) is 0 Å². The molecule has 0 N–H and O–H groups in total. The minimum atomic E-state index is 0.543. The summed E-state index contributed by atoms with van der Waals surface area (Å²) in [4.78, 5) is 8.29. The molecule has 2 aromatic heterocycles. The molecule has 0 amide bonds. The van der Waals surface area contributed by atoms with Gasteiger partial charge in [-0.05, 0) is 11.8 Å². The fraction of sp³-hybridized carbons (Fsp3) is 0.143. The van der Waals surface area contributed by atoms with Crippen LogP contribution in [0.25, 0.3) is 0 Å². The Bertz CT molecular complexity index is 409. The summed E-state index contributed by atoms with van der Waals surface area (Å²) in [5.74, 6) is 0. The number of aromatic nitrogens is 3. The maximum Gasteiger partial charge on any atom is 0.174 e. The molecule has 0 unspecified atom stereocenters. The molecule has 2 rings (SSSR count). The number of imidazole rings is 1. The van der Waals surface area contributed by atoms with Crippen molar-refractivity contribution in [2.24, 2.45) is 7.05 Å². The van der Waals surface area contributed by atoms with Gasteiger partial charge < -0.3 is 4.57 Å². The van der Waals surface area contributed by atoms with Crippen molar-refractivity contribution in [1.29, 1.82) is 0 Å². The molecule has 0 atom stereocenters. The first-order valence-electron chi connectivity index (χ1n) is 3.52. The van der Waals surface area contributed by atoms with E-state index in [0.29, 0.717) is 5.15 Å². The molecule has 2 aromatic rings. The molecule has 68 valence electrons. The predicted molar refractivity (Wildman–Crippen MR) is 54.5 cm³/mol. The van der Waals surface area contributed by atoms with Gasteiger partial charge >= 0.3 is 0 Å². The van der Waals surface area contributed by atoms with E-state index in [4.69, 9.17) is 11.6 Å². The summed E-state index contributed by atoms with van der Waals surface area (Å²) >= 11 is 8.74. The van der Waals surface area contributed by atoms with Crippen LogP contribution in [0.3, 0.4) is 0 Å². The molecule has 3 nitrogen and oxygen atoms in total. The zero-order valence-corrected chi connectivity index (χ0v) is 9.16. The van der Waals surface area contributed by atoms with E-state index < -0.39 is 0 Å². The average Bonchev–Trinajstić information content (AvgIpc) is 2.64. The van der Waals surface area contributed by atoms with Gasteiger partial charge in [0.05, 0.1) is 0 Å². The number of hydrogen-bond donors (Lipinski definition) is 0. The third-order valence-electron chi connectivity index (χ3n) is 1.41. The van der Waals surface area contributed by atoms with Crippen molar-refractivity contribution in [3.8, 4) is 0 Å². The Morgan fingerprint density at radius 3 is 3.00 bits per heavy atom. The SMILES string of the molecule is Cn1ccnc1Sc1nc(Cl)cs1. The van der Waals surface area contributed by atoms with Crippen LogP contribution in [0.1, 0.15) is 0 Å². The van der Waals surface area contributed by atoms with E-state index in [9.17, 15) is 0 Å². The smallest absolute Gasteiger partial charge is 0.174 e. The van der Waals surface area contributed by atoms with Crippen LogP contribution in [0, 0.1) is 0 Å². The fourth-order valence-corrected chi connectivity index (χ4v) is 2.71. The topological polar surface area (TPSA) is 30.7 Å². The van der Waals surface area contributed by atoms with Crippen LogP contribution in [0.4, 0.5) is 0 Å². The minimum Gasteiger partial charge on any atom is -0.329 e. The van der Waals surface area contributed by atoms with E-state index in [1.807, 2.05) is 23.2 Å². The average molecular weight is 232 g/mol. The molecule has 2 heterocycles. The molecule has 0 fully saturated rings. The zero-order valence-electron chi connectivity index (χ0n) is 6.77. The van der Waals surface area contributed by atoms with Crippen LogP contribution in [-0.4, -0.2) is 14.5 Å². The highest BCUT2D eigenvalue weighted by atomic mass is 35.5. The van der Waals surface area contributed by atoms with Gasteiger partial charge in [-0.25, -0.2) is 9.97 Å². The quantitative estimate of drug-likeness (QED) is 0.796. The number of thiazole rings is 1. The van der Waals surface area contributed by atoms with Crippen LogP contribution in [0.2, 0.25) is 5.15 Å². The Labute approximate surface area is 88.8 Å². The largest absolute Gasteiger partial charge is 0.329 e. The van der Waals surface area contributed by atoms with Crippen molar-refractivity contribution in [2.45, 2.75) is 9.50 Å². The lowest BCUT2D eigenvalue weighted by atomic mass is 10.9. The van der Waals surface area contributed by atoms with Gasteiger partial charge in [0, 0.05) is 24.8 Å². The summed E-state index contributed by atoms with van der Waals surface area (Å²) in [6.07, 6.45) is 3.66. The van der Waals surface area contributed by atoms with Crippen molar-refractivity contribution in [2.75, 3.05) is 0 Å². The van der Waals surface area contributed by atoms with Crippen molar-refractivity contribution < 1.29 is 0 Å². The van der Waals surface area contributed by atoms with E-state index in [1.165, 1.54) is 23.1 Å². The standard InChI is InChI=1S/C7H6ClN3S2/c1-11-3-2-9-6(11)13-7-10-5(8)4-12-7/h2-4H,1H3. The summed E-state index contributed by atoms with van der Waals surface area (Å²) in [5.41, 5.74) is 0. The second-order valence-corrected chi connectivity index (χ2v) is 4.82. The maximum atomic E-state index is 5.70. The Kier molecular flexibility index (Phi) is 2.57. The molecule has 0 aliphatic carbocycles. The predicted octanol–water partition coefficient (Wildman–Crippen LogP) is 2.68. The molecule has 13 heavy (non-hydrogen) atoms. The second kappa shape index (κ2) is 3.69. The van der Waals surface area contributed by atoms with E-state index in [0.717, 1.165) is 9.50 Å². The van der Waals surface area contributed by atoms with Gasteiger partial charge in [-0.15, -0.1) is 11.3 Å². The molecule has 0 saturated heterocycles. The van der Waals surface area contributed by atoms with Crippen molar-refractivity contribution >= 4 is 34.7 Å². The highest BCUT2D eigenvalue weighted by Gasteiger charge is 2.05. The van der Waals surface area contributed by atoms with E-state index in [-0.39, 0.29) is 0 Å². The minimum absolute atomic E-state index is 0.543. The summed E-state index contributed by atoms with van der Waals surface area (Å²) in [5, 5.41) is 3.28. The summed E-state index contributed by atoms with van der Waals surface area (Å²) in [6.45, 7) is 0. The Hall–Kier alpha value is -0.520. The van der Waals surface area contributed by atoms with Crippen LogP contribution in [0.15, 0.2) is 27.3 Å². The Morgan fingerprint density at radius 1 is 1.62 bits per heavy atom. The molecule has 0 aliphatic heterocycles. The number of rotatable bonds is 2. The first-order valence-corrected chi connectivity index (χ1v) is 5.59. The summed E-state index contributed by atoms with van der Waals surface area (Å²) in [7, 11) is 1.95. The highest BCUT2D eigenvalue weighted by Crippen LogP contribution is 2.29. The normalized spacial score (nSPS) is 10.6. The fourth-order valence-electron chi connectivity index (χ4n) is 0.814. The first kappa shape index (κ1) is 9.05. The molecule has 0 bridgehead atoms.